The van der Waals surface area contributed by atoms with Crippen LogP contribution in [-0.4, -0.2) is 35.5 Å². The summed E-state index contributed by atoms with van der Waals surface area (Å²) >= 11 is 0. The Morgan fingerprint density at radius 1 is 1.11 bits per heavy atom. The third kappa shape index (κ3) is 2.29. The van der Waals surface area contributed by atoms with Crippen molar-refractivity contribution < 1.29 is 14.7 Å². The van der Waals surface area contributed by atoms with Crippen LogP contribution in [0.1, 0.15) is 27.6 Å². The van der Waals surface area contributed by atoms with Crippen molar-refractivity contribution >= 4 is 22.6 Å². The molecule has 0 spiro atoms. The normalized spacial score (nSPS) is 10.4. The number of rotatable bonds is 3. The van der Waals surface area contributed by atoms with Gasteiger partial charge in [-0.25, -0.2) is 4.79 Å². The maximum Gasteiger partial charge on any atom is 0.336 e. The standard InChI is InChI=1S/C15H15NO3/c1-3-16(2)14(17)11-8-4-6-10-7-5-9-12(13(10)11)15(18)19/h4-9H,3H2,1-2H3,(H,18,19). The van der Waals surface area contributed by atoms with Crippen molar-refractivity contribution in [2.45, 2.75) is 6.92 Å². The van der Waals surface area contributed by atoms with E-state index in [2.05, 4.69) is 0 Å². The Morgan fingerprint density at radius 3 is 2.21 bits per heavy atom. The summed E-state index contributed by atoms with van der Waals surface area (Å²) in [5.74, 6) is -1.19. The number of nitrogens with zero attached hydrogens (tertiary/aromatic N) is 1. The maximum atomic E-state index is 12.3. The zero-order chi connectivity index (χ0) is 14.0. The molecular formula is C15H15NO3. The van der Waals surface area contributed by atoms with Crippen LogP contribution in [-0.2, 0) is 0 Å². The van der Waals surface area contributed by atoms with E-state index in [9.17, 15) is 14.7 Å². The minimum absolute atomic E-state index is 0.158. The molecule has 2 aromatic rings. The summed E-state index contributed by atoms with van der Waals surface area (Å²) < 4.78 is 0. The summed E-state index contributed by atoms with van der Waals surface area (Å²) in [5, 5.41) is 10.5. The van der Waals surface area contributed by atoms with Gasteiger partial charge in [-0.2, -0.15) is 0 Å². The summed E-state index contributed by atoms with van der Waals surface area (Å²) in [6, 6.07) is 10.3. The van der Waals surface area contributed by atoms with Gasteiger partial charge in [0.1, 0.15) is 0 Å². The number of aromatic carboxylic acids is 1. The third-order valence-corrected chi connectivity index (χ3v) is 3.19. The first kappa shape index (κ1) is 13.1. The van der Waals surface area contributed by atoms with Gasteiger partial charge in [0.15, 0.2) is 0 Å². The zero-order valence-corrected chi connectivity index (χ0v) is 10.9. The highest BCUT2D eigenvalue weighted by Gasteiger charge is 2.18. The van der Waals surface area contributed by atoms with Crippen LogP contribution in [0.25, 0.3) is 10.8 Å². The van der Waals surface area contributed by atoms with E-state index >= 15 is 0 Å². The molecule has 0 aliphatic carbocycles. The van der Waals surface area contributed by atoms with E-state index in [4.69, 9.17) is 0 Å². The third-order valence-electron chi connectivity index (χ3n) is 3.19. The number of carbonyl (C=O) groups excluding carboxylic acids is 1. The molecule has 0 saturated carbocycles. The first-order valence-corrected chi connectivity index (χ1v) is 6.06. The predicted molar refractivity (Wildman–Crippen MR) is 73.5 cm³/mol. The van der Waals surface area contributed by atoms with Gasteiger partial charge < -0.3 is 10.0 Å². The van der Waals surface area contributed by atoms with Gasteiger partial charge in [-0.15, -0.1) is 0 Å². The van der Waals surface area contributed by atoms with Gasteiger partial charge >= 0.3 is 5.97 Å². The van der Waals surface area contributed by atoms with E-state index in [0.29, 0.717) is 17.5 Å². The summed E-state index contributed by atoms with van der Waals surface area (Å²) in [7, 11) is 1.70. The van der Waals surface area contributed by atoms with Crippen LogP contribution in [0, 0.1) is 0 Å². The average Bonchev–Trinajstić information content (AvgIpc) is 2.44. The first-order chi connectivity index (χ1) is 9.06. The number of carbonyl (C=O) groups is 2. The molecule has 4 nitrogen and oxygen atoms in total. The Hall–Kier alpha value is -2.36. The van der Waals surface area contributed by atoms with E-state index in [1.165, 1.54) is 6.07 Å². The Balaban J connectivity index is 2.74. The molecule has 0 unspecified atom stereocenters. The van der Waals surface area contributed by atoms with E-state index in [-0.39, 0.29) is 11.5 Å². The van der Waals surface area contributed by atoms with Crippen molar-refractivity contribution in [1.82, 2.24) is 4.90 Å². The van der Waals surface area contributed by atoms with Crippen LogP contribution in [0.4, 0.5) is 0 Å². The number of amides is 1. The van der Waals surface area contributed by atoms with Gasteiger partial charge in [-0.05, 0) is 24.4 Å². The summed E-state index contributed by atoms with van der Waals surface area (Å²) in [6.07, 6.45) is 0. The molecule has 1 N–H and O–H groups in total. The number of carboxylic acid groups (broad SMARTS) is 1. The molecule has 0 fully saturated rings. The topological polar surface area (TPSA) is 57.6 Å². The lowest BCUT2D eigenvalue weighted by Gasteiger charge is -2.16. The number of carboxylic acids is 1. The Bertz CT molecular complexity index is 644. The zero-order valence-electron chi connectivity index (χ0n) is 10.9. The molecule has 0 aliphatic rings. The number of benzene rings is 2. The molecule has 4 heteroatoms. The highest BCUT2D eigenvalue weighted by molar-refractivity contribution is 6.14. The molecular weight excluding hydrogens is 242 g/mol. The highest BCUT2D eigenvalue weighted by atomic mass is 16.4. The van der Waals surface area contributed by atoms with Gasteiger partial charge in [0, 0.05) is 24.5 Å². The number of fused-ring (bicyclic) bond motifs is 1. The fraction of sp³-hybridized carbons (Fsp3) is 0.200. The number of hydrogen-bond donors (Lipinski definition) is 1. The molecule has 0 bridgehead atoms. The van der Waals surface area contributed by atoms with Gasteiger partial charge in [0.25, 0.3) is 5.91 Å². The SMILES string of the molecule is CCN(C)C(=O)c1cccc2cccc(C(=O)O)c12. The van der Waals surface area contributed by atoms with Crippen LogP contribution in [0.2, 0.25) is 0 Å². The second-order valence-electron chi connectivity index (χ2n) is 4.33. The van der Waals surface area contributed by atoms with Crippen LogP contribution >= 0.6 is 0 Å². The average molecular weight is 257 g/mol. The summed E-state index contributed by atoms with van der Waals surface area (Å²) in [4.78, 5) is 25.2. The Morgan fingerprint density at radius 2 is 1.68 bits per heavy atom. The molecule has 0 aliphatic heterocycles. The lowest BCUT2D eigenvalue weighted by Crippen LogP contribution is -2.26. The fourth-order valence-electron chi connectivity index (χ4n) is 2.05. The lowest BCUT2D eigenvalue weighted by atomic mass is 9.98. The van der Waals surface area contributed by atoms with Crippen molar-refractivity contribution in [3.05, 3.63) is 47.5 Å². The van der Waals surface area contributed by atoms with Crippen molar-refractivity contribution in [1.29, 1.82) is 0 Å². The minimum atomic E-state index is -1.02. The monoisotopic (exact) mass is 257 g/mol. The molecule has 0 aromatic heterocycles. The van der Waals surface area contributed by atoms with Crippen LogP contribution < -0.4 is 0 Å². The summed E-state index contributed by atoms with van der Waals surface area (Å²) in [5.41, 5.74) is 0.589. The Labute approximate surface area is 111 Å². The van der Waals surface area contributed by atoms with E-state index in [1.54, 1.807) is 30.1 Å². The van der Waals surface area contributed by atoms with E-state index in [0.717, 1.165) is 5.39 Å². The van der Waals surface area contributed by atoms with Gasteiger partial charge in [0.05, 0.1) is 5.56 Å². The maximum absolute atomic E-state index is 12.3. The predicted octanol–water partition coefficient (Wildman–Crippen LogP) is 2.63. The molecule has 0 heterocycles. The van der Waals surface area contributed by atoms with Gasteiger partial charge in [0.2, 0.25) is 0 Å². The van der Waals surface area contributed by atoms with E-state index in [1.807, 2.05) is 19.1 Å². The van der Waals surface area contributed by atoms with Crippen LogP contribution in [0.5, 0.6) is 0 Å². The highest BCUT2D eigenvalue weighted by Crippen LogP contribution is 2.24. The largest absolute Gasteiger partial charge is 0.478 e. The molecule has 0 radical (unpaired) electrons. The van der Waals surface area contributed by atoms with Crippen LogP contribution in [0.3, 0.4) is 0 Å². The molecule has 2 rings (SSSR count). The molecule has 98 valence electrons. The smallest absolute Gasteiger partial charge is 0.336 e. The van der Waals surface area contributed by atoms with Crippen molar-refractivity contribution in [2.24, 2.45) is 0 Å². The molecule has 2 aromatic carbocycles. The first-order valence-electron chi connectivity index (χ1n) is 6.06. The fourth-order valence-corrected chi connectivity index (χ4v) is 2.05. The number of hydrogen-bond acceptors (Lipinski definition) is 2. The van der Waals surface area contributed by atoms with Gasteiger partial charge in [-0.1, -0.05) is 24.3 Å². The second-order valence-corrected chi connectivity index (χ2v) is 4.33. The summed E-state index contributed by atoms with van der Waals surface area (Å²) in [6.45, 7) is 2.45. The molecule has 19 heavy (non-hydrogen) atoms. The van der Waals surface area contributed by atoms with Crippen molar-refractivity contribution in [3.8, 4) is 0 Å². The quantitative estimate of drug-likeness (QED) is 0.919. The van der Waals surface area contributed by atoms with Crippen LogP contribution in [0.15, 0.2) is 36.4 Å². The lowest BCUT2D eigenvalue weighted by molar-refractivity contribution is 0.0699. The van der Waals surface area contributed by atoms with E-state index < -0.39 is 5.97 Å². The van der Waals surface area contributed by atoms with Gasteiger partial charge in [-0.3, -0.25) is 4.79 Å². The molecule has 0 saturated heterocycles. The second kappa shape index (κ2) is 5.10. The van der Waals surface area contributed by atoms with Crippen molar-refractivity contribution in [2.75, 3.05) is 13.6 Å². The molecule has 1 amide bonds. The molecule has 0 atom stereocenters. The van der Waals surface area contributed by atoms with Crippen molar-refractivity contribution in [3.63, 3.8) is 0 Å². The Kier molecular flexibility index (Phi) is 3.51. The minimum Gasteiger partial charge on any atom is -0.478 e.